The van der Waals surface area contributed by atoms with E-state index in [0.29, 0.717) is 22.4 Å². The lowest BCUT2D eigenvalue weighted by molar-refractivity contribution is -0.115. The summed E-state index contributed by atoms with van der Waals surface area (Å²) in [4.78, 5) is 13.1. The van der Waals surface area contributed by atoms with Crippen LogP contribution in [0.1, 0.15) is 22.2 Å². The largest absolute Gasteiger partial charge is 0.495 e. The topological polar surface area (TPSA) is 95.1 Å². The fourth-order valence-electron chi connectivity index (χ4n) is 2.55. The summed E-state index contributed by atoms with van der Waals surface area (Å²) < 4.78 is 6.74. The molecule has 1 atom stereocenters. The van der Waals surface area contributed by atoms with Crippen LogP contribution in [0.2, 0.25) is 0 Å². The van der Waals surface area contributed by atoms with E-state index in [9.17, 15) is 4.79 Å². The second-order valence-corrected chi connectivity index (χ2v) is 7.07. The number of rotatable bonds is 6. The highest BCUT2D eigenvalue weighted by molar-refractivity contribution is 8.00. The number of ether oxygens (including phenoxy) is 1. The predicted octanol–water partition coefficient (Wildman–Crippen LogP) is 3.09. The first-order valence-corrected chi connectivity index (χ1v) is 9.21. The molecule has 0 saturated carbocycles. The summed E-state index contributed by atoms with van der Waals surface area (Å²) in [6.45, 7) is 3.71. The van der Waals surface area contributed by atoms with E-state index in [1.807, 2.05) is 55.5 Å². The minimum absolute atomic E-state index is 0.198. The molecule has 140 valence electrons. The molecule has 0 bridgehead atoms. The number of methoxy groups -OCH3 is 1. The number of anilines is 1. The molecule has 27 heavy (non-hydrogen) atoms. The number of benzene rings is 2. The summed E-state index contributed by atoms with van der Waals surface area (Å²) in [5, 5.41) is 10.9. The van der Waals surface area contributed by atoms with E-state index >= 15 is 0 Å². The first kappa shape index (κ1) is 18.8. The summed E-state index contributed by atoms with van der Waals surface area (Å²) in [5.41, 5.74) is 2.48. The molecule has 0 fully saturated rings. The highest BCUT2D eigenvalue weighted by Crippen LogP contribution is 2.36. The molecular weight excluding hydrogens is 362 g/mol. The zero-order valence-corrected chi connectivity index (χ0v) is 16.2. The monoisotopic (exact) mass is 383 g/mol. The van der Waals surface area contributed by atoms with E-state index in [1.54, 1.807) is 14.0 Å². The average Bonchev–Trinajstić information content (AvgIpc) is 2.99. The third kappa shape index (κ3) is 4.22. The van der Waals surface area contributed by atoms with Gasteiger partial charge in [-0.2, -0.15) is 0 Å². The quantitative estimate of drug-likeness (QED) is 0.502. The summed E-state index contributed by atoms with van der Waals surface area (Å²) in [6.07, 6.45) is 0. The number of nitrogen functional groups attached to an aromatic ring is 1. The number of nitrogens with two attached hydrogens (primary N) is 1. The first-order valence-electron chi connectivity index (χ1n) is 8.34. The van der Waals surface area contributed by atoms with Crippen LogP contribution in [0.4, 0.5) is 5.69 Å². The van der Waals surface area contributed by atoms with Gasteiger partial charge in [0.15, 0.2) is 0 Å². The van der Waals surface area contributed by atoms with Crippen molar-refractivity contribution < 1.29 is 9.53 Å². The van der Waals surface area contributed by atoms with Crippen molar-refractivity contribution in [2.75, 3.05) is 18.3 Å². The molecule has 1 heterocycles. The number of carbonyl (C=O) groups is 1. The summed E-state index contributed by atoms with van der Waals surface area (Å²) >= 11 is 1.25. The Hall–Kier alpha value is -3.00. The van der Waals surface area contributed by atoms with Gasteiger partial charge in [-0.15, -0.1) is 10.2 Å². The lowest BCUT2D eigenvalue weighted by Crippen LogP contribution is -2.21. The van der Waals surface area contributed by atoms with Crippen LogP contribution in [-0.2, 0) is 4.79 Å². The van der Waals surface area contributed by atoms with Crippen LogP contribution in [0.5, 0.6) is 5.75 Å². The number of amides is 1. The molecule has 0 radical (unpaired) electrons. The van der Waals surface area contributed by atoms with Crippen molar-refractivity contribution in [2.24, 2.45) is 0 Å². The minimum Gasteiger partial charge on any atom is -0.495 e. The molecule has 2 aromatic carbocycles. The molecule has 3 aromatic rings. The Balaban J connectivity index is 1.92. The molecule has 3 rings (SSSR count). The molecule has 0 spiro atoms. The Morgan fingerprint density at radius 1 is 1.19 bits per heavy atom. The number of aryl methyl sites for hydroxylation is 2. The van der Waals surface area contributed by atoms with E-state index in [-0.39, 0.29) is 5.91 Å². The van der Waals surface area contributed by atoms with Gasteiger partial charge in [0.2, 0.25) is 11.1 Å². The second-order valence-electron chi connectivity index (χ2n) is 6.00. The van der Waals surface area contributed by atoms with Crippen molar-refractivity contribution >= 4 is 23.4 Å². The maximum absolute atomic E-state index is 13.1. The summed E-state index contributed by atoms with van der Waals surface area (Å²) in [6, 6.07) is 15.1. The maximum Gasteiger partial charge on any atom is 0.242 e. The summed E-state index contributed by atoms with van der Waals surface area (Å²) in [5.74, 6) is 6.94. The van der Waals surface area contributed by atoms with Gasteiger partial charge in [0, 0.05) is 0 Å². The number of carbonyl (C=O) groups excluding carboxylic acids is 1. The lowest BCUT2D eigenvalue weighted by atomic mass is 10.1. The number of thioether (sulfide) groups is 1. The van der Waals surface area contributed by atoms with Crippen LogP contribution in [0, 0.1) is 13.8 Å². The molecule has 1 aromatic heterocycles. The van der Waals surface area contributed by atoms with Crippen molar-refractivity contribution in [3.8, 4) is 5.75 Å². The Labute approximate surface area is 161 Å². The molecule has 0 aliphatic carbocycles. The van der Waals surface area contributed by atoms with Gasteiger partial charge in [0.1, 0.15) is 16.8 Å². The standard InChI is InChI=1S/C19H21N5O2S/c1-12-9-10-16(26-3)15(11-12)21-18(25)17(14-7-5-4-6-8-14)27-19-23-22-13(2)24(19)20/h4-11,17H,20H2,1-3H3,(H,21,25)/t17-/m0/s1. The van der Waals surface area contributed by atoms with E-state index < -0.39 is 5.25 Å². The third-order valence-electron chi connectivity index (χ3n) is 4.01. The molecular formula is C19H21N5O2S. The summed E-state index contributed by atoms with van der Waals surface area (Å²) in [7, 11) is 1.57. The van der Waals surface area contributed by atoms with Crippen molar-refractivity contribution in [2.45, 2.75) is 24.3 Å². The second kappa shape index (κ2) is 8.13. The van der Waals surface area contributed by atoms with Crippen molar-refractivity contribution in [3.63, 3.8) is 0 Å². The van der Waals surface area contributed by atoms with Gasteiger partial charge in [0.05, 0.1) is 12.8 Å². The molecule has 1 amide bonds. The fourth-order valence-corrected chi connectivity index (χ4v) is 3.56. The van der Waals surface area contributed by atoms with Crippen molar-refractivity contribution in [3.05, 3.63) is 65.5 Å². The lowest BCUT2D eigenvalue weighted by Gasteiger charge is -2.18. The number of hydrogen-bond donors (Lipinski definition) is 2. The van der Waals surface area contributed by atoms with Gasteiger partial charge >= 0.3 is 0 Å². The Morgan fingerprint density at radius 3 is 2.56 bits per heavy atom. The van der Waals surface area contributed by atoms with Gasteiger partial charge in [-0.25, -0.2) is 4.68 Å². The van der Waals surface area contributed by atoms with Crippen molar-refractivity contribution in [1.82, 2.24) is 14.9 Å². The highest BCUT2D eigenvalue weighted by Gasteiger charge is 2.25. The van der Waals surface area contributed by atoms with E-state index in [1.165, 1.54) is 16.4 Å². The van der Waals surface area contributed by atoms with Crippen LogP contribution in [0.25, 0.3) is 0 Å². The minimum atomic E-state index is -0.553. The van der Waals surface area contributed by atoms with Gasteiger partial charge in [-0.1, -0.05) is 48.2 Å². The number of nitrogens with one attached hydrogen (secondary N) is 1. The zero-order valence-electron chi connectivity index (χ0n) is 15.3. The number of hydrogen-bond acceptors (Lipinski definition) is 6. The van der Waals surface area contributed by atoms with Crippen molar-refractivity contribution in [1.29, 1.82) is 0 Å². The Bertz CT molecular complexity index is 943. The van der Waals surface area contributed by atoms with Gasteiger partial charge in [-0.05, 0) is 37.1 Å². The van der Waals surface area contributed by atoms with Crippen LogP contribution in [0.15, 0.2) is 53.7 Å². The van der Waals surface area contributed by atoms with Crippen LogP contribution in [0.3, 0.4) is 0 Å². The number of aromatic nitrogens is 3. The molecule has 0 aliphatic rings. The third-order valence-corrected chi connectivity index (χ3v) is 5.22. The average molecular weight is 383 g/mol. The van der Waals surface area contributed by atoms with E-state index in [0.717, 1.165) is 11.1 Å². The Morgan fingerprint density at radius 2 is 1.93 bits per heavy atom. The van der Waals surface area contributed by atoms with Crippen LogP contribution < -0.4 is 15.9 Å². The molecule has 8 heteroatoms. The zero-order chi connectivity index (χ0) is 19.4. The number of nitrogens with zero attached hydrogens (tertiary/aromatic N) is 3. The molecule has 0 unspecified atom stereocenters. The molecule has 7 nitrogen and oxygen atoms in total. The normalized spacial score (nSPS) is 11.8. The predicted molar refractivity (Wildman–Crippen MR) is 106 cm³/mol. The van der Waals surface area contributed by atoms with Crippen LogP contribution in [-0.4, -0.2) is 27.9 Å². The van der Waals surface area contributed by atoms with E-state index in [4.69, 9.17) is 10.6 Å². The molecule has 3 N–H and O–H groups in total. The van der Waals surface area contributed by atoms with Gasteiger partial charge in [0.25, 0.3) is 0 Å². The first-order chi connectivity index (χ1) is 13.0. The molecule has 0 aliphatic heterocycles. The van der Waals surface area contributed by atoms with Gasteiger partial charge < -0.3 is 15.9 Å². The highest BCUT2D eigenvalue weighted by atomic mass is 32.2. The fraction of sp³-hybridized carbons (Fsp3) is 0.211. The SMILES string of the molecule is COc1ccc(C)cc1NC(=O)[C@@H](Sc1nnc(C)n1N)c1ccccc1. The Kier molecular flexibility index (Phi) is 5.66. The van der Waals surface area contributed by atoms with Gasteiger partial charge in [-0.3, -0.25) is 4.79 Å². The van der Waals surface area contributed by atoms with Crippen LogP contribution >= 0.6 is 11.8 Å². The van der Waals surface area contributed by atoms with E-state index in [2.05, 4.69) is 15.5 Å². The molecule has 0 saturated heterocycles. The maximum atomic E-state index is 13.1. The smallest absolute Gasteiger partial charge is 0.242 e.